The Bertz CT molecular complexity index is 411. The van der Waals surface area contributed by atoms with Crippen LogP contribution in [0.5, 0.6) is 0 Å². The van der Waals surface area contributed by atoms with Gasteiger partial charge in [0.1, 0.15) is 0 Å². The number of hydrogen-bond acceptors (Lipinski definition) is 2. The molecule has 2 atom stereocenters. The Kier molecular flexibility index (Phi) is 3.79. The van der Waals surface area contributed by atoms with Gasteiger partial charge in [-0.3, -0.25) is 0 Å². The second kappa shape index (κ2) is 5.02. The van der Waals surface area contributed by atoms with Crippen LogP contribution in [0.4, 0.5) is 0 Å². The Morgan fingerprint density at radius 3 is 2.67 bits per heavy atom. The van der Waals surface area contributed by atoms with E-state index in [-0.39, 0.29) is 11.5 Å². The van der Waals surface area contributed by atoms with Crippen LogP contribution in [0.15, 0.2) is 24.3 Å². The number of benzene rings is 1. The SMILES string of the molecule is CC(C)C(O)CNC1c2ccccc2CC1(C)C. The minimum atomic E-state index is -0.270. The minimum absolute atomic E-state index is 0.223. The number of aliphatic hydroxyl groups is 1. The molecule has 1 aromatic rings. The summed E-state index contributed by atoms with van der Waals surface area (Å²) >= 11 is 0. The molecule has 100 valence electrons. The summed E-state index contributed by atoms with van der Waals surface area (Å²) in [4.78, 5) is 0. The van der Waals surface area contributed by atoms with Gasteiger partial charge in [-0.2, -0.15) is 0 Å². The highest BCUT2D eigenvalue weighted by Gasteiger charge is 2.38. The molecule has 18 heavy (non-hydrogen) atoms. The zero-order chi connectivity index (χ0) is 13.3. The van der Waals surface area contributed by atoms with Crippen molar-refractivity contribution < 1.29 is 5.11 Å². The van der Waals surface area contributed by atoms with E-state index in [1.807, 2.05) is 0 Å². The van der Waals surface area contributed by atoms with Gasteiger partial charge >= 0.3 is 0 Å². The molecule has 1 aliphatic rings. The van der Waals surface area contributed by atoms with Gasteiger partial charge in [0.25, 0.3) is 0 Å². The second-order valence-corrected chi connectivity index (χ2v) is 6.52. The Labute approximate surface area is 110 Å². The van der Waals surface area contributed by atoms with Crippen molar-refractivity contribution in [3.63, 3.8) is 0 Å². The predicted molar refractivity (Wildman–Crippen MR) is 75.5 cm³/mol. The Hall–Kier alpha value is -0.860. The van der Waals surface area contributed by atoms with Gasteiger partial charge in [0.15, 0.2) is 0 Å². The van der Waals surface area contributed by atoms with E-state index >= 15 is 0 Å². The van der Waals surface area contributed by atoms with Crippen molar-refractivity contribution in [2.45, 2.75) is 46.3 Å². The van der Waals surface area contributed by atoms with E-state index in [1.54, 1.807) is 0 Å². The monoisotopic (exact) mass is 247 g/mol. The molecule has 0 spiro atoms. The highest BCUT2D eigenvalue weighted by molar-refractivity contribution is 5.37. The van der Waals surface area contributed by atoms with Gasteiger partial charge in [-0.25, -0.2) is 0 Å². The molecule has 0 saturated heterocycles. The summed E-state index contributed by atoms with van der Waals surface area (Å²) in [7, 11) is 0. The first kappa shape index (κ1) is 13.6. The molecule has 0 aliphatic heterocycles. The topological polar surface area (TPSA) is 32.3 Å². The van der Waals surface area contributed by atoms with E-state index < -0.39 is 0 Å². The Morgan fingerprint density at radius 2 is 2.00 bits per heavy atom. The van der Waals surface area contributed by atoms with Crippen molar-refractivity contribution >= 4 is 0 Å². The van der Waals surface area contributed by atoms with E-state index in [1.165, 1.54) is 11.1 Å². The van der Waals surface area contributed by atoms with Gasteiger partial charge in [0.2, 0.25) is 0 Å². The second-order valence-electron chi connectivity index (χ2n) is 6.52. The van der Waals surface area contributed by atoms with Crippen LogP contribution >= 0.6 is 0 Å². The zero-order valence-electron chi connectivity index (χ0n) is 11.9. The smallest absolute Gasteiger partial charge is 0.0687 e. The lowest BCUT2D eigenvalue weighted by Gasteiger charge is -2.30. The van der Waals surface area contributed by atoms with Crippen molar-refractivity contribution in [3.8, 4) is 0 Å². The van der Waals surface area contributed by atoms with E-state index in [0.717, 1.165) is 6.42 Å². The summed E-state index contributed by atoms with van der Waals surface area (Å²) < 4.78 is 0. The maximum atomic E-state index is 9.94. The molecule has 2 rings (SSSR count). The molecule has 1 aromatic carbocycles. The third-order valence-electron chi connectivity index (χ3n) is 4.09. The van der Waals surface area contributed by atoms with E-state index in [4.69, 9.17) is 0 Å². The van der Waals surface area contributed by atoms with Crippen LogP contribution in [0.3, 0.4) is 0 Å². The van der Waals surface area contributed by atoms with Gasteiger partial charge in [0, 0.05) is 12.6 Å². The lowest BCUT2D eigenvalue weighted by atomic mass is 9.85. The highest BCUT2D eigenvalue weighted by Crippen LogP contribution is 2.44. The molecule has 0 saturated carbocycles. The molecule has 0 aromatic heterocycles. The fourth-order valence-electron chi connectivity index (χ4n) is 2.85. The quantitative estimate of drug-likeness (QED) is 0.857. The van der Waals surface area contributed by atoms with Crippen LogP contribution in [-0.4, -0.2) is 17.8 Å². The maximum absolute atomic E-state index is 9.94. The van der Waals surface area contributed by atoms with Crippen molar-refractivity contribution in [2.24, 2.45) is 11.3 Å². The third kappa shape index (κ3) is 2.60. The van der Waals surface area contributed by atoms with Gasteiger partial charge in [-0.05, 0) is 28.9 Å². The van der Waals surface area contributed by atoms with Crippen molar-refractivity contribution in [3.05, 3.63) is 35.4 Å². The van der Waals surface area contributed by atoms with Crippen LogP contribution in [0.25, 0.3) is 0 Å². The number of rotatable bonds is 4. The lowest BCUT2D eigenvalue weighted by Crippen LogP contribution is -2.37. The number of fused-ring (bicyclic) bond motifs is 1. The molecule has 0 bridgehead atoms. The van der Waals surface area contributed by atoms with E-state index in [2.05, 4.69) is 57.3 Å². The highest BCUT2D eigenvalue weighted by atomic mass is 16.3. The summed E-state index contributed by atoms with van der Waals surface area (Å²) in [5.74, 6) is 0.303. The van der Waals surface area contributed by atoms with Crippen molar-refractivity contribution in [1.29, 1.82) is 0 Å². The van der Waals surface area contributed by atoms with E-state index in [0.29, 0.717) is 18.5 Å². The summed E-state index contributed by atoms with van der Waals surface area (Å²) in [6.45, 7) is 9.37. The molecular formula is C16H25NO. The minimum Gasteiger partial charge on any atom is -0.392 e. The average molecular weight is 247 g/mol. The standard InChI is InChI=1S/C16H25NO/c1-11(2)14(18)10-17-15-13-8-6-5-7-12(13)9-16(15,3)4/h5-8,11,14-15,17-18H,9-10H2,1-4H3. The van der Waals surface area contributed by atoms with E-state index in [9.17, 15) is 5.11 Å². The van der Waals surface area contributed by atoms with Crippen molar-refractivity contribution in [2.75, 3.05) is 6.54 Å². The molecule has 0 fully saturated rings. The van der Waals surface area contributed by atoms with Gasteiger partial charge < -0.3 is 10.4 Å². The first-order chi connectivity index (χ1) is 8.42. The molecule has 0 amide bonds. The van der Waals surface area contributed by atoms with Crippen molar-refractivity contribution in [1.82, 2.24) is 5.32 Å². The molecule has 2 unspecified atom stereocenters. The van der Waals surface area contributed by atoms with Crippen LogP contribution < -0.4 is 5.32 Å². The summed E-state index contributed by atoms with van der Waals surface area (Å²) in [6, 6.07) is 9.00. The largest absolute Gasteiger partial charge is 0.392 e. The van der Waals surface area contributed by atoms with Gasteiger partial charge in [0.05, 0.1) is 6.10 Å². The van der Waals surface area contributed by atoms with Crippen LogP contribution in [-0.2, 0) is 6.42 Å². The predicted octanol–water partition coefficient (Wildman–Crippen LogP) is 2.92. The first-order valence-corrected chi connectivity index (χ1v) is 6.91. The molecule has 2 N–H and O–H groups in total. The normalized spacial score (nSPS) is 23.1. The Balaban J connectivity index is 2.11. The third-order valence-corrected chi connectivity index (χ3v) is 4.09. The van der Waals surface area contributed by atoms with Crippen LogP contribution in [0.1, 0.15) is 44.9 Å². The van der Waals surface area contributed by atoms with Gasteiger partial charge in [-0.1, -0.05) is 52.0 Å². The molecule has 0 heterocycles. The summed E-state index contributed by atoms with van der Waals surface area (Å²) in [5.41, 5.74) is 3.07. The number of nitrogens with one attached hydrogen (secondary N) is 1. The fraction of sp³-hybridized carbons (Fsp3) is 0.625. The lowest BCUT2D eigenvalue weighted by molar-refractivity contribution is 0.112. The number of hydrogen-bond donors (Lipinski definition) is 2. The van der Waals surface area contributed by atoms with Crippen LogP contribution in [0, 0.1) is 11.3 Å². The first-order valence-electron chi connectivity index (χ1n) is 6.91. The molecule has 2 heteroatoms. The molecule has 0 radical (unpaired) electrons. The number of aliphatic hydroxyl groups excluding tert-OH is 1. The Morgan fingerprint density at radius 1 is 1.33 bits per heavy atom. The summed E-state index contributed by atoms with van der Waals surface area (Å²) in [6.07, 6.45) is 0.840. The molecule has 1 aliphatic carbocycles. The van der Waals surface area contributed by atoms with Crippen LogP contribution in [0.2, 0.25) is 0 Å². The average Bonchev–Trinajstić information content (AvgIpc) is 2.55. The zero-order valence-corrected chi connectivity index (χ0v) is 11.9. The maximum Gasteiger partial charge on any atom is 0.0687 e. The fourth-order valence-corrected chi connectivity index (χ4v) is 2.85. The summed E-state index contributed by atoms with van der Waals surface area (Å²) in [5, 5.41) is 13.5. The molecular weight excluding hydrogens is 222 g/mol. The molecule has 2 nitrogen and oxygen atoms in total. The van der Waals surface area contributed by atoms with Gasteiger partial charge in [-0.15, -0.1) is 0 Å².